The van der Waals surface area contributed by atoms with Crippen LogP contribution in [0.4, 0.5) is 0 Å². The molecule has 6 heteroatoms. The van der Waals surface area contributed by atoms with Crippen LogP contribution < -0.4 is 0 Å². The van der Waals surface area contributed by atoms with Crippen LogP contribution in [0.5, 0.6) is 0 Å². The molecule has 0 radical (unpaired) electrons. The van der Waals surface area contributed by atoms with Crippen molar-refractivity contribution in [2.75, 3.05) is 6.61 Å². The highest BCUT2D eigenvalue weighted by Gasteiger charge is 2.11. The molecular weight excluding hydrogens is 346 g/mol. The van der Waals surface area contributed by atoms with Gasteiger partial charge in [0.1, 0.15) is 5.01 Å². The highest BCUT2D eigenvalue weighted by Crippen LogP contribution is 2.26. The summed E-state index contributed by atoms with van der Waals surface area (Å²) in [5.74, 6) is 0.260. The van der Waals surface area contributed by atoms with E-state index in [0.29, 0.717) is 18.9 Å². The van der Waals surface area contributed by atoms with E-state index < -0.39 is 0 Å². The molecule has 3 rings (SSSR count). The maximum absolute atomic E-state index is 12.0. The van der Waals surface area contributed by atoms with Gasteiger partial charge in [0.15, 0.2) is 0 Å². The number of aromatic nitrogens is 3. The topological polar surface area (TPSA) is 57.0 Å². The predicted molar refractivity (Wildman–Crippen MR) is 103 cm³/mol. The standard InChI is InChI=1S/C20H23N3O2S/c1-14(2)15-4-6-16(7-5-15)20-22-17(12-26-20)10-19(24)25-9-8-18-11-21-13-23(18)3/h4-7,11-14H,8-10H2,1-3H3. The molecule has 0 saturated heterocycles. The van der Waals surface area contributed by atoms with E-state index in [0.717, 1.165) is 22.0 Å². The van der Waals surface area contributed by atoms with Crippen molar-refractivity contribution in [3.05, 3.63) is 59.1 Å². The first-order chi connectivity index (χ1) is 12.5. The summed E-state index contributed by atoms with van der Waals surface area (Å²) < 4.78 is 7.24. The van der Waals surface area contributed by atoms with Crippen molar-refractivity contribution in [3.63, 3.8) is 0 Å². The lowest BCUT2D eigenvalue weighted by Gasteiger charge is -2.05. The average molecular weight is 369 g/mol. The quantitative estimate of drug-likeness (QED) is 0.591. The molecular formula is C20H23N3O2S. The molecule has 0 saturated carbocycles. The van der Waals surface area contributed by atoms with Gasteiger partial charge < -0.3 is 9.30 Å². The summed E-state index contributed by atoms with van der Waals surface area (Å²) >= 11 is 1.55. The SMILES string of the molecule is CC(C)c1ccc(-c2nc(CC(=O)OCCc3cncn3C)cs2)cc1. The van der Waals surface area contributed by atoms with Gasteiger partial charge in [0.25, 0.3) is 0 Å². The molecule has 26 heavy (non-hydrogen) atoms. The summed E-state index contributed by atoms with van der Waals surface area (Å²) in [6.07, 6.45) is 4.38. The molecule has 0 aliphatic carbocycles. The minimum atomic E-state index is -0.251. The maximum atomic E-state index is 12.0. The second-order valence-electron chi connectivity index (χ2n) is 6.56. The zero-order valence-corrected chi connectivity index (χ0v) is 16.1. The number of benzene rings is 1. The Morgan fingerprint density at radius 2 is 2.04 bits per heavy atom. The first-order valence-electron chi connectivity index (χ1n) is 8.68. The van der Waals surface area contributed by atoms with Gasteiger partial charge in [0, 0.05) is 36.3 Å². The smallest absolute Gasteiger partial charge is 0.311 e. The molecule has 2 aromatic heterocycles. The number of carbonyl (C=O) groups is 1. The Balaban J connectivity index is 1.52. The van der Waals surface area contributed by atoms with Crippen molar-refractivity contribution < 1.29 is 9.53 Å². The molecule has 0 atom stereocenters. The monoisotopic (exact) mass is 369 g/mol. The maximum Gasteiger partial charge on any atom is 0.311 e. The number of esters is 1. The molecule has 0 unspecified atom stereocenters. The molecule has 2 heterocycles. The van der Waals surface area contributed by atoms with Gasteiger partial charge in [-0.2, -0.15) is 0 Å². The van der Waals surface area contributed by atoms with Crippen LogP contribution in [0.15, 0.2) is 42.2 Å². The Kier molecular flexibility index (Phi) is 5.83. The Morgan fingerprint density at radius 3 is 2.69 bits per heavy atom. The van der Waals surface area contributed by atoms with Gasteiger partial charge in [-0.3, -0.25) is 4.79 Å². The summed E-state index contributed by atoms with van der Waals surface area (Å²) in [7, 11) is 1.93. The van der Waals surface area contributed by atoms with Crippen LogP contribution in [0.1, 0.15) is 36.7 Å². The molecule has 0 aliphatic rings. The number of ether oxygens (including phenoxy) is 1. The summed E-state index contributed by atoms with van der Waals surface area (Å²) in [4.78, 5) is 20.6. The molecule has 1 aromatic carbocycles. The van der Waals surface area contributed by atoms with Gasteiger partial charge in [-0.15, -0.1) is 11.3 Å². The second kappa shape index (κ2) is 8.27. The predicted octanol–water partition coefficient (Wildman–Crippen LogP) is 4.00. The van der Waals surface area contributed by atoms with Gasteiger partial charge >= 0.3 is 5.97 Å². The zero-order valence-electron chi connectivity index (χ0n) is 15.3. The van der Waals surface area contributed by atoms with Crippen LogP contribution in [0.25, 0.3) is 10.6 Å². The number of rotatable bonds is 7. The number of nitrogens with zero attached hydrogens (tertiary/aromatic N) is 3. The van der Waals surface area contributed by atoms with Gasteiger partial charge in [0.05, 0.1) is 25.0 Å². The van der Waals surface area contributed by atoms with Crippen molar-refractivity contribution in [1.29, 1.82) is 0 Å². The molecule has 136 valence electrons. The van der Waals surface area contributed by atoms with Crippen molar-refractivity contribution in [2.45, 2.75) is 32.6 Å². The number of thiazole rings is 1. The lowest BCUT2D eigenvalue weighted by Crippen LogP contribution is -2.11. The van der Waals surface area contributed by atoms with Crippen LogP contribution in [0.3, 0.4) is 0 Å². The summed E-state index contributed by atoms with van der Waals surface area (Å²) in [5, 5.41) is 2.85. The summed E-state index contributed by atoms with van der Waals surface area (Å²) in [6.45, 7) is 4.71. The zero-order chi connectivity index (χ0) is 18.5. The fourth-order valence-corrected chi connectivity index (χ4v) is 3.45. The van der Waals surface area contributed by atoms with Gasteiger partial charge in [-0.25, -0.2) is 9.97 Å². The number of aryl methyl sites for hydroxylation is 1. The fourth-order valence-electron chi connectivity index (χ4n) is 2.63. The van der Waals surface area contributed by atoms with Crippen LogP contribution in [0.2, 0.25) is 0 Å². The number of imidazole rings is 1. The molecule has 0 amide bonds. The fraction of sp³-hybridized carbons (Fsp3) is 0.350. The van der Waals surface area contributed by atoms with E-state index in [1.54, 1.807) is 23.9 Å². The van der Waals surface area contributed by atoms with E-state index in [9.17, 15) is 4.79 Å². The van der Waals surface area contributed by atoms with Crippen molar-refractivity contribution in [3.8, 4) is 10.6 Å². The van der Waals surface area contributed by atoms with Crippen LogP contribution >= 0.6 is 11.3 Å². The van der Waals surface area contributed by atoms with Crippen LogP contribution in [-0.4, -0.2) is 27.1 Å². The van der Waals surface area contributed by atoms with Crippen molar-refractivity contribution in [1.82, 2.24) is 14.5 Å². The van der Waals surface area contributed by atoms with E-state index in [-0.39, 0.29) is 12.4 Å². The first-order valence-corrected chi connectivity index (χ1v) is 9.56. The Morgan fingerprint density at radius 1 is 1.27 bits per heavy atom. The van der Waals surface area contributed by atoms with Gasteiger partial charge in [-0.1, -0.05) is 38.1 Å². The minimum absolute atomic E-state index is 0.200. The molecule has 0 spiro atoms. The summed E-state index contributed by atoms with van der Waals surface area (Å²) in [6, 6.07) is 8.44. The molecule has 0 fully saturated rings. The van der Waals surface area contributed by atoms with E-state index in [4.69, 9.17) is 4.74 Å². The van der Waals surface area contributed by atoms with E-state index in [1.165, 1.54) is 5.56 Å². The molecule has 3 aromatic rings. The van der Waals surface area contributed by atoms with E-state index in [2.05, 4.69) is 48.1 Å². The number of hydrogen-bond donors (Lipinski definition) is 0. The van der Waals surface area contributed by atoms with Gasteiger partial charge in [-0.05, 0) is 11.5 Å². The molecule has 5 nitrogen and oxygen atoms in total. The number of carbonyl (C=O) groups excluding carboxylic acids is 1. The molecule has 0 bridgehead atoms. The molecule has 0 N–H and O–H groups in total. The Hall–Kier alpha value is -2.47. The Labute approximate surface area is 157 Å². The lowest BCUT2D eigenvalue weighted by molar-refractivity contribution is -0.142. The highest BCUT2D eigenvalue weighted by molar-refractivity contribution is 7.13. The largest absolute Gasteiger partial charge is 0.465 e. The van der Waals surface area contributed by atoms with Crippen molar-refractivity contribution in [2.24, 2.45) is 7.05 Å². The third-order valence-electron chi connectivity index (χ3n) is 4.24. The second-order valence-corrected chi connectivity index (χ2v) is 7.42. The lowest BCUT2D eigenvalue weighted by atomic mass is 10.0. The number of hydrogen-bond acceptors (Lipinski definition) is 5. The van der Waals surface area contributed by atoms with Gasteiger partial charge in [0.2, 0.25) is 0 Å². The first kappa shape index (κ1) is 18.3. The normalized spacial score (nSPS) is 11.1. The average Bonchev–Trinajstić information content (AvgIpc) is 3.24. The summed E-state index contributed by atoms with van der Waals surface area (Å²) in [5.41, 5.74) is 4.18. The van der Waals surface area contributed by atoms with E-state index in [1.807, 2.05) is 17.0 Å². The van der Waals surface area contributed by atoms with E-state index >= 15 is 0 Å². The highest BCUT2D eigenvalue weighted by atomic mass is 32.1. The third kappa shape index (κ3) is 4.58. The molecule has 0 aliphatic heterocycles. The minimum Gasteiger partial charge on any atom is -0.465 e. The Bertz CT molecular complexity index is 865. The van der Waals surface area contributed by atoms with Crippen molar-refractivity contribution >= 4 is 17.3 Å². The van der Waals surface area contributed by atoms with Crippen LogP contribution in [-0.2, 0) is 29.4 Å². The van der Waals surface area contributed by atoms with Crippen LogP contribution in [0, 0.1) is 0 Å². The third-order valence-corrected chi connectivity index (χ3v) is 5.18.